The minimum atomic E-state index is -0.389. The standard InChI is InChI=1S/C26H29N5O4S/c1-3-34-22-7-5-4-6-19(22)18(2)14-24(32)29-25-21(15-27)20-8-10-31(16-23(20)36-25)26(33)35-13-12-30-11-9-28-17-30/h4-7,9,11,17-18H,3,8,10,12-14,16H2,1-2H3,(H,29,32)/t18-/m0/s1. The van der Waals surface area contributed by atoms with Crippen LogP contribution >= 0.6 is 11.3 Å². The topological polar surface area (TPSA) is 109 Å². The monoisotopic (exact) mass is 507 g/mol. The van der Waals surface area contributed by atoms with Crippen LogP contribution in [0.25, 0.3) is 0 Å². The second-order valence-electron chi connectivity index (χ2n) is 8.53. The summed E-state index contributed by atoms with van der Waals surface area (Å²) < 4.78 is 13.0. The molecule has 188 valence electrons. The number of carbonyl (C=O) groups is 2. The van der Waals surface area contributed by atoms with E-state index in [0.717, 1.165) is 21.8 Å². The number of para-hydroxylation sites is 1. The maximum atomic E-state index is 12.9. The van der Waals surface area contributed by atoms with Crippen molar-refractivity contribution in [2.24, 2.45) is 0 Å². The van der Waals surface area contributed by atoms with E-state index in [1.165, 1.54) is 11.3 Å². The fraction of sp³-hybridized carbons (Fsp3) is 0.385. The van der Waals surface area contributed by atoms with Crippen molar-refractivity contribution in [3.63, 3.8) is 0 Å². The molecule has 10 heteroatoms. The van der Waals surface area contributed by atoms with Crippen molar-refractivity contribution in [1.82, 2.24) is 14.5 Å². The third kappa shape index (κ3) is 5.86. The number of nitriles is 1. The smallest absolute Gasteiger partial charge is 0.410 e. The zero-order chi connectivity index (χ0) is 25.5. The molecule has 3 heterocycles. The van der Waals surface area contributed by atoms with Crippen LogP contribution in [-0.4, -0.2) is 46.2 Å². The van der Waals surface area contributed by atoms with Crippen LogP contribution in [0.15, 0.2) is 43.0 Å². The summed E-state index contributed by atoms with van der Waals surface area (Å²) in [6.45, 7) is 6.06. The first kappa shape index (κ1) is 25.3. The lowest BCUT2D eigenvalue weighted by molar-refractivity contribution is -0.116. The quantitative estimate of drug-likeness (QED) is 0.455. The van der Waals surface area contributed by atoms with Crippen molar-refractivity contribution in [2.45, 2.75) is 45.7 Å². The number of hydrogen-bond acceptors (Lipinski definition) is 7. The van der Waals surface area contributed by atoms with Crippen molar-refractivity contribution in [3.05, 3.63) is 64.6 Å². The van der Waals surface area contributed by atoms with Gasteiger partial charge in [-0.3, -0.25) is 4.79 Å². The Morgan fingerprint density at radius 3 is 2.92 bits per heavy atom. The second-order valence-corrected chi connectivity index (χ2v) is 9.64. The van der Waals surface area contributed by atoms with Crippen molar-refractivity contribution in [2.75, 3.05) is 25.1 Å². The van der Waals surface area contributed by atoms with Crippen molar-refractivity contribution < 1.29 is 19.1 Å². The molecule has 0 unspecified atom stereocenters. The highest BCUT2D eigenvalue weighted by atomic mass is 32.1. The molecule has 1 aliphatic rings. The van der Waals surface area contributed by atoms with Crippen molar-refractivity contribution in [1.29, 1.82) is 5.26 Å². The van der Waals surface area contributed by atoms with Gasteiger partial charge in [-0.2, -0.15) is 5.26 Å². The van der Waals surface area contributed by atoms with Crippen LogP contribution in [0.1, 0.15) is 47.8 Å². The minimum Gasteiger partial charge on any atom is -0.494 e. The zero-order valence-corrected chi connectivity index (χ0v) is 21.2. The number of thiophene rings is 1. The summed E-state index contributed by atoms with van der Waals surface area (Å²) in [6.07, 6.45) is 5.56. The van der Waals surface area contributed by atoms with E-state index in [4.69, 9.17) is 9.47 Å². The number of nitrogens with zero attached hydrogens (tertiary/aromatic N) is 4. The van der Waals surface area contributed by atoms with Gasteiger partial charge in [0.2, 0.25) is 5.91 Å². The second kappa shape index (κ2) is 11.7. The van der Waals surface area contributed by atoms with Gasteiger partial charge >= 0.3 is 6.09 Å². The summed E-state index contributed by atoms with van der Waals surface area (Å²) in [5, 5.41) is 13.3. The van der Waals surface area contributed by atoms with Gasteiger partial charge in [-0.1, -0.05) is 25.1 Å². The van der Waals surface area contributed by atoms with E-state index in [1.807, 2.05) is 48.9 Å². The molecule has 3 aromatic rings. The summed E-state index contributed by atoms with van der Waals surface area (Å²) in [6, 6.07) is 9.97. The van der Waals surface area contributed by atoms with Gasteiger partial charge in [0.25, 0.3) is 0 Å². The molecule has 0 radical (unpaired) electrons. The van der Waals surface area contributed by atoms with E-state index in [0.29, 0.717) is 43.2 Å². The molecule has 4 rings (SSSR count). The van der Waals surface area contributed by atoms with E-state index in [2.05, 4.69) is 16.4 Å². The number of amides is 2. The molecule has 1 aliphatic heterocycles. The maximum absolute atomic E-state index is 12.9. The minimum absolute atomic E-state index is 0.0551. The number of hydrogen-bond donors (Lipinski definition) is 1. The van der Waals surface area contributed by atoms with Crippen LogP contribution in [0, 0.1) is 11.3 Å². The highest BCUT2D eigenvalue weighted by Crippen LogP contribution is 2.37. The number of carbonyl (C=O) groups excluding carboxylic acids is 2. The number of ether oxygens (including phenoxy) is 2. The number of fused-ring (bicyclic) bond motifs is 1. The molecule has 9 nitrogen and oxygen atoms in total. The Bertz CT molecular complexity index is 1250. The van der Waals surface area contributed by atoms with E-state index in [1.54, 1.807) is 17.4 Å². The maximum Gasteiger partial charge on any atom is 0.410 e. The van der Waals surface area contributed by atoms with Crippen LogP contribution < -0.4 is 10.1 Å². The Kier molecular flexibility index (Phi) is 8.23. The third-order valence-corrected chi connectivity index (χ3v) is 7.19. The molecule has 0 aliphatic carbocycles. The molecule has 1 aromatic carbocycles. The number of benzene rings is 1. The molecule has 2 amide bonds. The SMILES string of the molecule is CCOc1ccccc1[C@@H](C)CC(=O)Nc1sc2c(c1C#N)CCN(C(=O)OCCn1ccnc1)C2. The Morgan fingerprint density at radius 2 is 2.17 bits per heavy atom. The number of anilines is 1. The lowest BCUT2D eigenvalue weighted by atomic mass is 9.96. The Balaban J connectivity index is 1.37. The fourth-order valence-corrected chi connectivity index (χ4v) is 5.48. The molecule has 0 fully saturated rings. The molecule has 36 heavy (non-hydrogen) atoms. The molecule has 0 bridgehead atoms. The first-order chi connectivity index (χ1) is 17.5. The van der Waals surface area contributed by atoms with Crippen LogP contribution in [0.3, 0.4) is 0 Å². The van der Waals surface area contributed by atoms with Gasteiger partial charge in [0.15, 0.2) is 0 Å². The predicted octanol–water partition coefficient (Wildman–Crippen LogP) is 4.54. The summed E-state index contributed by atoms with van der Waals surface area (Å²) >= 11 is 1.35. The normalized spacial score (nSPS) is 13.4. The summed E-state index contributed by atoms with van der Waals surface area (Å²) in [7, 11) is 0. The number of aromatic nitrogens is 2. The largest absolute Gasteiger partial charge is 0.494 e. The lowest BCUT2D eigenvalue weighted by Gasteiger charge is -2.26. The van der Waals surface area contributed by atoms with Gasteiger partial charge in [0, 0.05) is 30.2 Å². The first-order valence-corrected chi connectivity index (χ1v) is 12.8. The lowest BCUT2D eigenvalue weighted by Crippen LogP contribution is -2.36. The predicted molar refractivity (Wildman–Crippen MR) is 136 cm³/mol. The fourth-order valence-electron chi connectivity index (χ4n) is 4.25. The Hall–Kier alpha value is -3.84. The molecule has 1 N–H and O–H groups in total. The van der Waals surface area contributed by atoms with Crippen LogP contribution in [0.5, 0.6) is 5.75 Å². The van der Waals surface area contributed by atoms with Crippen molar-refractivity contribution in [3.8, 4) is 11.8 Å². The molecule has 1 atom stereocenters. The van der Waals surface area contributed by atoms with E-state index < -0.39 is 0 Å². The first-order valence-electron chi connectivity index (χ1n) is 11.9. The molecular weight excluding hydrogens is 478 g/mol. The highest BCUT2D eigenvalue weighted by molar-refractivity contribution is 7.16. The van der Waals surface area contributed by atoms with E-state index in [9.17, 15) is 14.9 Å². The Labute approximate surface area is 214 Å². The molecular formula is C26H29N5O4S. The number of rotatable bonds is 9. The van der Waals surface area contributed by atoms with E-state index >= 15 is 0 Å². The molecule has 0 saturated carbocycles. The average molecular weight is 508 g/mol. The molecule has 2 aromatic heterocycles. The van der Waals surface area contributed by atoms with Gasteiger partial charge in [-0.05, 0) is 36.5 Å². The molecule has 0 saturated heterocycles. The third-order valence-electron chi connectivity index (χ3n) is 6.06. The average Bonchev–Trinajstić information content (AvgIpc) is 3.51. The van der Waals surface area contributed by atoms with Crippen LogP contribution in [-0.2, 0) is 29.0 Å². The highest BCUT2D eigenvalue weighted by Gasteiger charge is 2.28. The summed E-state index contributed by atoms with van der Waals surface area (Å²) in [5.74, 6) is 0.557. The van der Waals surface area contributed by atoms with Gasteiger partial charge in [0.1, 0.15) is 23.4 Å². The summed E-state index contributed by atoms with van der Waals surface area (Å²) in [5.41, 5.74) is 2.36. The van der Waals surface area contributed by atoms with Crippen LogP contribution in [0.4, 0.5) is 9.80 Å². The van der Waals surface area contributed by atoms with Crippen LogP contribution in [0.2, 0.25) is 0 Å². The van der Waals surface area contributed by atoms with E-state index in [-0.39, 0.29) is 30.9 Å². The zero-order valence-electron chi connectivity index (χ0n) is 20.4. The summed E-state index contributed by atoms with van der Waals surface area (Å²) in [4.78, 5) is 31.9. The molecule has 0 spiro atoms. The number of imidazole rings is 1. The Morgan fingerprint density at radius 1 is 1.33 bits per heavy atom. The van der Waals surface area contributed by atoms with Gasteiger partial charge < -0.3 is 24.3 Å². The van der Waals surface area contributed by atoms with Gasteiger partial charge in [-0.15, -0.1) is 11.3 Å². The number of nitrogens with one attached hydrogen (secondary N) is 1. The van der Waals surface area contributed by atoms with Crippen molar-refractivity contribution >= 4 is 28.3 Å². The van der Waals surface area contributed by atoms with Gasteiger partial charge in [-0.25, -0.2) is 9.78 Å². The van der Waals surface area contributed by atoms with Gasteiger partial charge in [0.05, 0.1) is 31.6 Å².